The first-order chi connectivity index (χ1) is 13.4. The quantitative estimate of drug-likeness (QED) is 0.734. The van der Waals surface area contributed by atoms with E-state index in [1.54, 1.807) is 42.5 Å². The minimum atomic E-state index is -0.957. The lowest BCUT2D eigenvalue weighted by Crippen LogP contribution is -2.30. The molecule has 0 saturated carbocycles. The minimum absolute atomic E-state index is 0.133. The molecule has 1 aliphatic rings. The molecule has 3 rings (SSSR count). The largest absolute Gasteiger partial charge is 0.454 e. The number of nitrogens with one attached hydrogen (secondary N) is 1. The number of amides is 1. The van der Waals surface area contributed by atoms with Gasteiger partial charge >= 0.3 is 5.97 Å². The lowest BCUT2D eigenvalue weighted by Gasteiger charge is -2.14. The minimum Gasteiger partial charge on any atom is -0.454 e. The van der Waals surface area contributed by atoms with Crippen LogP contribution in [0, 0.1) is 0 Å². The number of carbonyl (C=O) groups excluding carboxylic acids is 2. The summed E-state index contributed by atoms with van der Waals surface area (Å²) < 4.78 is 21.3. The van der Waals surface area contributed by atoms with Crippen molar-refractivity contribution in [3.63, 3.8) is 0 Å². The number of ether oxygens (including phenoxy) is 4. The van der Waals surface area contributed by atoms with Gasteiger partial charge < -0.3 is 24.3 Å². The average molecular weight is 385 g/mol. The van der Waals surface area contributed by atoms with Crippen molar-refractivity contribution in [1.82, 2.24) is 0 Å². The lowest BCUT2D eigenvalue weighted by atomic mass is 10.1. The van der Waals surface area contributed by atoms with Crippen LogP contribution in [-0.2, 0) is 20.9 Å². The van der Waals surface area contributed by atoms with Gasteiger partial charge in [0.25, 0.3) is 5.91 Å². The molecule has 28 heavy (non-hydrogen) atoms. The fraction of sp³-hybridized carbons (Fsp3) is 0.333. The molecular weight excluding hydrogens is 362 g/mol. The molecule has 1 N–H and O–H groups in total. The van der Waals surface area contributed by atoms with Crippen molar-refractivity contribution in [2.45, 2.75) is 39.6 Å². The van der Waals surface area contributed by atoms with Crippen molar-refractivity contribution in [3.05, 3.63) is 53.6 Å². The fourth-order valence-electron chi connectivity index (χ4n) is 2.50. The zero-order valence-corrected chi connectivity index (χ0v) is 16.1. The Morgan fingerprint density at radius 2 is 1.75 bits per heavy atom. The van der Waals surface area contributed by atoms with Gasteiger partial charge in [0.1, 0.15) is 0 Å². The number of fused-ring (bicyclic) bond motifs is 1. The third kappa shape index (κ3) is 5.01. The SMILES string of the molecule is CC(C)OCc1ccc(C(=O)O[C@@H](C)C(=O)Nc2ccc3c(c2)OCO3)cc1. The van der Waals surface area contributed by atoms with Crippen LogP contribution in [0.5, 0.6) is 11.5 Å². The highest BCUT2D eigenvalue weighted by atomic mass is 16.7. The van der Waals surface area contributed by atoms with E-state index in [9.17, 15) is 9.59 Å². The molecule has 0 unspecified atom stereocenters. The van der Waals surface area contributed by atoms with Gasteiger partial charge in [-0.05, 0) is 50.6 Å². The van der Waals surface area contributed by atoms with Crippen molar-refractivity contribution >= 4 is 17.6 Å². The highest BCUT2D eigenvalue weighted by Crippen LogP contribution is 2.34. The first-order valence-electron chi connectivity index (χ1n) is 9.04. The van der Waals surface area contributed by atoms with E-state index in [0.29, 0.717) is 29.4 Å². The molecule has 0 radical (unpaired) electrons. The number of hydrogen-bond acceptors (Lipinski definition) is 6. The van der Waals surface area contributed by atoms with Crippen molar-refractivity contribution in [2.24, 2.45) is 0 Å². The number of esters is 1. The molecule has 7 nitrogen and oxygen atoms in total. The molecule has 1 amide bonds. The van der Waals surface area contributed by atoms with E-state index in [0.717, 1.165) is 5.56 Å². The fourth-order valence-corrected chi connectivity index (χ4v) is 2.50. The van der Waals surface area contributed by atoms with Crippen molar-refractivity contribution < 1.29 is 28.5 Å². The van der Waals surface area contributed by atoms with Crippen LogP contribution >= 0.6 is 0 Å². The summed E-state index contributed by atoms with van der Waals surface area (Å²) in [6.07, 6.45) is -0.823. The second kappa shape index (κ2) is 8.75. The summed E-state index contributed by atoms with van der Waals surface area (Å²) in [7, 11) is 0. The zero-order chi connectivity index (χ0) is 20.1. The summed E-state index contributed by atoms with van der Waals surface area (Å²) in [5, 5.41) is 2.70. The molecule has 1 atom stereocenters. The Balaban J connectivity index is 1.53. The molecule has 0 bridgehead atoms. The topological polar surface area (TPSA) is 83.1 Å². The highest BCUT2D eigenvalue weighted by Gasteiger charge is 2.20. The average Bonchev–Trinajstić information content (AvgIpc) is 3.14. The van der Waals surface area contributed by atoms with Crippen molar-refractivity contribution in [3.8, 4) is 11.5 Å². The Hall–Kier alpha value is -3.06. The summed E-state index contributed by atoms with van der Waals surface area (Å²) in [5.74, 6) is 0.183. The number of benzene rings is 2. The number of rotatable bonds is 7. The van der Waals surface area contributed by atoms with Crippen molar-refractivity contribution in [1.29, 1.82) is 0 Å². The number of carbonyl (C=O) groups is 2. The summed E-state index contributed by atoms with van der Waals surface area (Å²) in [5.41, 5.74) is 1.86. The van der Waals surface area contributed by atoms with Gasteiger partial charge in [0.15, 0.2) is 17.6 Å². The van der Waals surface area contributed by atoms with Crippen LogP contribution < -0.4 is 14.8 Å². The third-order valence-electron chi connectivity index (χ3n) is 4.07. The number of hydrogen-bond donors (Lipinski definition) is 1. The van der Waals surface area contributed by atoms with E-state index in [4.69, 9.17) is 18.9 Å². The first-order valence-corrected chi connectivity index (χ1v) is 9.04. The second-order valence-electron chi connectivity index (χ2n) is 6.66. The summed E-state index contributed by atoms with van der Waals surface area (Å²) >= 11 is 0. The van der Waals surface area contributed by atoms with Crippen LogP contribution in [0.15, 0.2) is 42.5 Å². The Morgan fingerprint density at radius 1 is 1.04 bits per heavy atom. The van der Waals surface area contributed by atoms with Gasteiger partial charge in [0.05, 0.1) is 18.3 Å². The molecule has 0 fully saturated rings. The Bertz CT molecular complexity index is 846. The predicted octanol–water partition coefficient (Wildman–Crippen LogP) is 3.52. The Labute approximate surface area is 163 Å². The normalized spacial score (nSPS) is 13.3. The zero-order valence-electron chi connectivity index (χ0n) is 16.1. The molecule has 0 saturated heterocycles. The molecule has 0 aliphatic carbocycles. The maximum absolute atomic E-state index is 12.3. The van der Waals surface area contributed by atoms with Gasteiger partial charge in [0.2, 0.25) is 6.79 Å². The van der Waals surface area contributed by atoms with Crippen LogP contribution in [0.1, 0.15) is 36.7 Å². The van der Waals surface area contributed by atoms with Gasteiger partial charge in [-0.15, -0.1) is 0 Å². The maximum atomic E-state index is 12.3. The standard InChI is InChI=1S/C21H23NO6/c1-13(2)25-11-15-4-6-16(7-5-15)21(24)28-14(3)20(23)22-17-8-9-18-19(10-17)27-12-26-18/h4-10,13-14H,11-12H2,1-3H3,(H,22,23)/t14-/m0/s1. The van der Waals surface area contributed by atoms with Crippen LogP contribution in [-0.4, -0.2) is 30.9 Å². The molecule has 2 aromatic carbocycles. The monoisotopic (exact) mass is 385 g/mol. The summed E-state index contributed by atoms with van der Waals surface area (Å²) in [6, 6.07) is 12.0. The molecule has 7 heteroatoms. The maximum Gasteiger partial charge on any atom is 0.338 e. The van der Waals surface area contributed by atoms with Crippen molar-refractivity contribution in [2.75, 3.05) is 12.1 Å². The third-order valence-corrected chi connectivity index (χ3v) is 4.07. The Morgan fingerprint density at radius 3 is 2.46 bits per heavy atom. The van der Waals surface area contributed by atoms with E-state index < -0.39 is 18.0 Å². The van der Waals surface area contributed by atoms with Crippen LogP contribution in [0.4, 0.5) is 5.69 Å². The molecule has 2 aromatic rings. The first kappa shape index (κ1) is 19.7. The van der Waals surface area contributed by atoms with Gasteiger partial charge in [0, 0.05) is 11.8 Å². The van der Waals surface area contributed by atoms with E-state index in [1.807, 2.05) is 13.8 Å². The smallest absolute Gasteiger partial charge is 0.338 e. The molecule has 0 aromatic heterocycles. The van der Waals surface area contributed by atoms with E-state index in [-0.39, 0.29) is 12.9 Å². The predicted molar refractivity (Wildman–Crippen MR) is 102 cm³/mol. The summed E-state index contributed by atoms with van der Waals surface area (Å²) in [4.78, 5) is 24.6. The van der Waals surface area contributed by atoms with E-state index in [1.165, 1.54) is 6.92 Å². The highest BCUT2D eigenvalue weighted by molar-refractivity contribution is 5.97. The van der Waals surface area contributed by atoms with Gasteiger partial charge in [-0.3, -0.25) is 4.79 Å². The van der Waals surface area contributed by atoms with E-state index in [2.05, 4.69) is 5.32 Å². The van der Waals surface area contributed by atoms with Gasteiger partial charge in [-0.1, -0.05) is 12.1 Å². The lowest BCUT2D eigenvalue weighted by molar-refractivity contribution is -0.123. The van der Waals surface area contributed by atoms with Gasteiger partial charge in [-0.25, -0.2) is 4.79 Å². The molecule has 0 spiro atoms. The Kier molecular flexibility index (Phi) is 6.16. The molecular formula is C21H23NO6. The van der Waals surface area contributed by atoms with Gasteiger partial charge in [-0.2, -0.15) is 0 Å². The number of anilines is 1. The summed E-state index contributed by atoms with van der Waals surface area (Å²) in [6.45, 7) is 6.07. The molecule has 148 valence electrons. The molecule has 1 heterocycles. The second-order valence-corrected chi connectivity index (χ2v) is 6.66. The van der Waals surface area contributed by atoms with E-state index >= 15 is 0 Å². The molecule has 1 aliphatic heterocycles. The van der Waals surface area contributed by atoms with Crippen LogP contribution in [0.2, 0.25) is 0 Å². The van der Waals surface area contributed by atoms with Crippen LogP contribution in [0.3, 0.4) is 0 Å². The van der Waals surface area contributed by atoms with Crippen LogP contribution in [0.25, 0.3) is 0 Å².